The first-order valence-corrected chi connectivity index (χ1v) is 17.6. The Kier molecular flexibility index (Phi) is 8.24. The predicted octanol–water partition coefficient (Wildman–Crippen LogP) is 6.32. The van der Waals surface area contributed by atoms with Crippen LogP contribution in [0.2, 0.25) is 0 Å². The van der Waals surface area contributed by atoms with Gasteiger partial charge in [-0.25, -0.2) is 4.98 Å². The summed E-state index contributed by atoms with van der Waals surface area (Å²) in [4.78, 5) is 18.1. The van der Waals surface area contributed by atoms with E-state index in [-0.39, 0.29) is 6.10 Å². The first kappa shape index (κ1) is 28.7. The number of methoxy groups -OCH3 is 1. The highest BCUT2D eigenvalue weighted by Crippen LogP contribution is 2.42. The molecule has 1 aliphatic rings. The maximum absolute atomic E-state index is 13.4. The molecule has 1 aliphatic heterocycles. The van der Waals surface area contributed by atoms with Crippen LogP contribution in [0.25, 0.3) is 22.2 Å². The fourth-order valence-electron chi connectivity index (χ4n) is 4.99. The van der Waals surface area contributed by atoms with Crippen LogP contribution in [0.15, 0.2) is 64.2 Å². The summed E-state index contributed by atoms with van der Waals surface area (Å²) < 4.78 is 25.9. The number of halogens is 1. The minimum atomic E-state index is -2.75. The Hall–Kier alpha value is -3.41. The van der Waals surface area contributed by atoms with Gasteiger partial charge in [0.25, 0.3) is 0 Å². The van der Waals surface area contributed by atoms with Crippen molar-refractivity contribution >= 4 is 73.9 Å². The number of nitrogens with one attached hydrogen (secondary N) is 3. The molecule has 13 heteroatoms. The second-order valence-electron chi connectivity index (χ2n) is 10.1. The minimum Gasteiger partial charge on any atom is -0.495 e. The van der Waals surface area contributed by atoms with Gasteiger partial charge in [0, 0.05) is 31.7 Å². The molecule has 0 radical (unpaired) electrons. The van der Waals surface area contributed by atoms with E-state index in [2.05, 4.69) is 69.7 Å². The topological polar surface area (TPSA) is 123 Å². The van der Waals surface area contributed by atoms with Gasteiger partial charge in [-0.15, -0.1) is 0 Å². The third-order valence-corrected chi connectivity index (χ3v) is 9.67. The van der Waals surface area contributed by atoms with Gasteiger partial charge in [-0.05, 0) is 87.0 Å². The zero-order valence-electron chi connectivity index (χ0n) is 23.2. The molecule has 216 valence electrons. The number of aromatic nitrogens is 4. The highest BCUT2D eigenvalue weighted by molar-refractivity contribution is 9.10. The molecule has 0 spiro atoms. The Morgan fingerprint density at radius 2 is 1.98 bits per heavy atom. The smallest absolute Gasteiger partial charge is 0.229 e. The van der Waals surface area contributed by atoms with Gasteiger partial charge < -0.3 is 30.0 Å². The van der Waals surface area contributed by atoms with Crippen molar-refractivity contribution in [3.8, 4) is 16.9 Å². The van der Waals surface area contributed by atoms with Crippen molar-refractivity contribution in [1.82, 2.24) is 25.3 Å². The molecule has 1 unspecified atom stereocenters. The number of anilines is 4. The van der Waals surface area contributed by atoms with Crippen LogP contribution in [0.1, 0.15) is 11.7 Å². The highest BCUT2D eigenvalue weighted by Gasteiger charge is 2.24. The van der Waals surface area contributed by atoms with Crippen molar-refractivity contribution < 1.29 is 14.0 Å². The third kappa shape index (κ3) is 5.91. The van der Waals surface area contributed by atoms with Crippen molar-refractivity contribution in [3.05, 3.63) is 69.7 Å². The molecule has 0 saturated carbocycles. The normalized spacial score (nSPS) is 15.5. The van der Waals surface area contributed by atoms with Crippen LogP contribution >= 0.6 is 34.4 Å². The molecule has 1 saturated heterocycles. The second-order valence-corrected chi connectivity index (χ2v) is 14.9. The van der Waals surface area contributed by atoms with E-state index in [1.54, 1.807) is 50.4 Å². The molecule has 42 heavy (non-hydrogen) atoms. The lowest BCUT2D eigenvalue weighted by Gasteiger charge is -2.27. The second kappa shape index (κ2) is 12.1. The molecule has 5 aromatic rings. The number of benzene rings is 2. The fourth-order valence-corrected chi connectivity index (χ4v) is 7.33. The van der Waals surface area contributed by atoms with E-state index in [0.29, 0.717) is 56.3 Å². The monoisotopic (exact) mass is 665 g/mol. The number of morpholine rings is 1. The first-order chi connectivity index (χ1) is 20.3. The zero-order valence-corrected chi connectivity index (χ0v) is 26.5. The summed E-state index contributed by atoms with van der Waals surface area (Å²) >= 11 is 5.20. The minimum absolute atomic E-state index is 0.0923. The Bertz CT molecular complexity index is 1790. The van der Waals surface area contributed by atoms with E-state index in [0.717, 1.165) is 29.8 Å². The first-order valence-electron chi connectivity index (χ1n) is 13.2. The Morgan fingerprint density at radius 3 is 2.71 bits per heavy atom. The number of hydrogen-bond acceptors (Lipinski definition) is 11. The van der Waals surface area contributed by atoms with E-state index >= 15 is 0 Å². The van der Waals surface area contributed by atoms with Crippen LogP contribution < -0.4 is 26.0 Å². The summed E-state index contributed by atoms with van der Waals surface area (Å²) in [7, 11) is -1.11. The lowest BCUT2D eigenvalue weighted by molar-refractivity contribution is 0.0279. The lowest BCUT2D eigenvalue weighted by atomic mass is 9.96. The maximum atomic E-state index is 13.4. The molecule has 10 nitrogen and oxygen atoms in total. The van der Waals surface area contributed by atoms with Crippen LogP contribution in [0.3, 0.4) is 0 Å². The molecule has 0 amide bonds. The molecule has 0 bridgehead atoms. The molecule has 0 aliphatic carbocycles. The van der Waals surface area contributed by atoms with Crippen LogP contribution in [-0.4, -0.2) is 60.1 Å². The molecular formula is C29H29BrN7O3PS. The van der Waals surface area contributed by atoms with Crippen LogP contribution in [0.4, 0.5) is 23.1 Å². The number of hydrogen-bond donors (Lipinski definition) is 3. The van der Waals surface area contributed by atoms with Crippen molar-refractivity contribution in [2.45, 2.75) is 6.10 Å². The van der Waals surface area contributed by atoms with Crippen molar-refractivity contribution in [2.24, 2.45) is 0 Å². The predicted molar refractivity (Wildman–Crippen MR) is 173 cm³/mol. The molecule has 4 heterocycles. The summed E-state index contributed by atoms with van der Waals surface area (Å²) in [5, 5.41) is 14.9. The molecule has 1 fully saturated rings. The number of nitrogens with zero attached hydrogens (tertiary/aromatic N) is 4. The van der Waals surface area contributed by atoms with Gasteiger partial charge in [0.05, 0.1) is 46.5 Å². The Balaban J connectivity index is 1.37. The number of ether oxygens (including phenoxy) is 2. The summed E-state index contributed by atoms with van der Waals surface area (Å²) in [5.74, 6) is 1.50. The van der Waals surface area contributed by atoms with Gasteiger partial charge in [-0.2, -0.15) is 16.3 Å². The van der Waals surface area contributed by atoms with E-state index in [1.807, 2.05) is 18.2 Å². The molecule has 3 N–H and O–H groups in total. The average molecular weight is 667 g/mol. The van der Waals surface area contributed by atoms with Crippen molar-refractivity contribution in [3.63, 3.8) is 0 Å². The number of fused-ring (bicyclic) bond motifs is 1. The number of rotatable bonds is 8. The lowest BCUT2D eigenvalue weighted by Crippen LogP contribution is -2.33. The molecule has 3 aromatic heterocycles. The standard InChI is InChI=1S/C29H29BrN7O3PS/c1-39-24-13-19(25-15-31-9-10-40-25)18(17-6-11-42-16-17)12-23(24)36-29-34-14-20(30)28(37-29)35-22-5-4-21-26(33-8-7-32-21)27(22)41(2,3)38/h4-8,11-14,16,25,31H,9-10,15H2,1-3H3,(H2,34,35,36,37). The quantitative estimate of drug-likeness (QED) is 0.162. The summed E-state index contributed by atoms with van der Waals surface area (Å²) in [6, 6.07) is 9.87. The largest absolute Gasteiger partial charge is 0.495 e. The molecule has 2 aromatic carbocycles. The molecular weight excluding hydrogens is 637 g/mol. The zero-order chi connectivity index (χ0) is 29.3. The Labute approximate surface area is 255 Å². The third-order valence-electron chi connectivity index (χ3n) is 6.87. The van der Waals surface area contributed by atoms with E-state index in [9.17, 15) is 4.57 Å². The Morgan fingerprint density at radius 1 is 1.12 bits per heavy atom. The highest BCUT2D eigenvalue weighted by atomic mass is 79.9. The van der Waals surface area contributed by atoms with Crippen molar-refractivity contribution in [1.29, 1.82) is 0 Å². The van der Waals surface area contributed by atoms with Crippen LogP contribution in [-0.2, 0) is 9.30 Å². The van der Waals surface area contributed by atoms with Gasteiger partial charge in [0.15, 0.2) is 0 Å². The van der Waals surface area contributed by atoms with Crippen LogP contribution in [0, 0.1) is 0 Å². The average Bonchev–Trinajstić information content (AvgIpc) is 3.53. The van der Waals surface area contributed by atoms with Gasteiger partial charge in [-0.3, -0.25) is 9.97 Å². The molecule has 1 atom stereocenters. The maximum Gasteiger partial charge on any atom is 0.229 e. The van der Waals surface area contributed by atoms with E-state index < -0.39 is 7.14 Å². The van der Waals surface area contributed by atoms with E-state index in [1.165, 1.54) is 0 Å². The summed E-state index contributed by atoms with van der Waals surface area (Å²) in [6.45, 7) is 5.65. The van der Waals surface area contributed by atoms with E-state index in [4.69, 9.17) is 14.5 Å². The molecule has 6 rings (SSSR count). The van der Waals surface area contributed by atoms with Gasteiger partial charge in [0.2, 0.25) is 5.95 Å². The van der Waals surface area contributed by atoms with Gasteiger partial charge in [0.1, 0.15) is 24.2 Å². The van der Waals surface area contributed by atoms with Crippen LogP contribution in [0.5, 0.6) is 5.75 Å². The van der Waals surface area contributed by atoms with Crippen molar-refractivity contribution in [2.75, 3.05) is 50.8 Å². The van der Waals surface area contributed by atoms with Gasteiger partial charge >= 0.3 is 0 Å². The number of thiophene rings is 1. The SMILES string of the molecule is COc1cc(C2CNCCO2)c(-c2ccsc2)cc1Nc1ncc(Br)c(Nc2ccc3nccnc3c2P(C)(C)=O)n1. The fraction of sp³-hybridized carbons (Fsp3) is 0.241. The summed E-state index contributed by atoms with van der Waals surface area (Å²) in [6.07, 6.45) is 4.80. The van der Waals surface area contributed by atoms with Gasteiger partial charge in [-0.1, -0.05) is 0 Å². The summed E-state index contributed by atoms with van der Waals surface area (Å²) in [5.41, 5.74) is 5.84.